The van der Waals surface area contributed by atoms with Gasteiger partial charge in [-0.3, -0.25) is 0 Å². The van der Waals surface area contributed by atoms with Crippen molar-refractivity contribution in [2.75, 3.05) is 5.32 Å². The lowest BCUT2D eigenvalue weighted by Crippen LogP contribution is -2.17. The first-order valence-corrected chi connectivity index (χ1v) is 6.53. The maximum atomic E-state index is 12.0. The summed E-state index contributed by atoms with van der Waals surface area (Å²) in [4.78, 5) is 0. The molecule has 3 nitrogen and oxygen atoms in total. The van der Waals surface area contributed by atoms with Crippen molar-refractivity contribution >= 4 is 17.3 Å². The largest absolute Gasteiger partial charge is 0.573 e. The molecular weight excluding hydrogens is 317 g/mol. The van der Waals surface area contributed by atoms with E-state index in [1.807, 2.05) is 6.07 Å². The highest BCUT2D eigenvalue weighted by Crippen LogP contribution is 2.24. The highest BCUT2D eigenvalue weighted by Gasteiger charge is 2.30. The lowest BCUT2D eigenvalue weighted by atomic mass is 10.2. The molecule has 0 fully saturated rings. The number of alkyl halides is 3. The summed E-state index contributed by atoms with van der Waals surface area (Å²) in [6.07, 6.45) is -4.70. The van der Waals surface area contributed by atoms with Gasteiger partial charge in [-0.25, -0.2) is 0 Å². The van der Waals surface area contributed by atoms with Gasteiger partial charge in [0.15, 0.2) is 0 Å². The predicted octanol–water partition coefficient (Wildman–Crippen LogP) is 4.72. The first-order valence-electron chi connectivity index (χ1n) is 6.15. The van der Waals surface area contributed by atoms with Crippen molar-refractivity contribution in [2.45, 2.75) is 12.9 Å². The van der Waals surface area contributed by atoms with Crippen LogP contribution in [0.1, 0.15) is 11.1 Å². The molecule has 2 aromatic rings. The third-order valence-electron chi connectivity index (χ3n) is 2.74. The minimum absolute atomic E-state index is 0.266. The second-order valence-corrected chi connectivity index (χ2v) is 4.76. The van der Waals surface area contributed by atoms with Crippen molar-refractivity contribution < 1.29 is 17.9 Å². The minimum Gasteiger partial charge on any atom is -0.406 e. The molecule has 0 aliphatic carbocycles. The number of benzene rings is 2. The Balaban J connectivity index is 1.97. The van der Waals surface area contributed by atoms with E-state index in [1.165, 1.54) is 24.3 Å². The van der Waals surface area contributed by atoms with Crippen LogP contribution in [0, 0.1) is 11.3 Å². The van der Waals surface area contributed by atoms with Crippen molar-refractivity contribution in [2.24, 2.45) is 0 Å². The van der Waals surface area contributed by atoms with Crippen molar-refractivity contribution in [3.05, 3.63) is 58.6 Å². The molecule has 0 radical (unpaired) electrons. The highest BCUT2D eigenvalue weighted by atomic mass is 35.5. The predicted molar refractivity (Wildman–Crippen MR) is 76.6 cm³/mol. The molecule has 0 aliphatic rings. The Morgan fingerprint density at radius 3 is 2.36 bits per heavy atom. The van der Waals surface area contributed by atoms with Gasteiger partial charge in [0.1, 0.15) is 11.8 Å². The second-order valence-electron chi connectivity index (χ2n) is 4.35. The van der Waals surface area contributed by atoms with E-state index in [9.17, 15) is 13.2 Å². The molecule has 114 valence electrons. The third-order valence-corrected chi connectivity index (χ3v) is 3.06. The Morgan fingerprint density at radius 1 is 1.14 bits per heavy atom. The van der Waals surface area contributed by atoms with E-state index in [4.69, 9.17) is 16.9 Å². The average Bonchev–Trinajstić information content (AvgIpc) is 2.45. The topological polar surface area (TPSA) is 45.0 Å². The standard InChI is InChI=1S/C15H10ClF3N2O/c16-14-7-12(4-3-11(14)8-20)21-9-10-1-5-13(6-2-10)22-15(17,18)19/h1-7,21H,9H2. The average molecular weight is 327 g/mol. The lowest BCUT2D eigenvalue weighted by molar-refractivity contribution is -0.274. The monoisotopic (exact) mass is 326 g/mol. The summed E-state index contributed by atoms with van der Waals surface area (Å²) in [5.41, 5.74) is 1.86. The molecular formula is C15H10ClF3N2O. The van der Waals surface area contributed by atoms with Crippen LogP contribution in [0.25, 0.3) is 0 Å². The Morgan fingerprint density at radius 2 is 1.82 bits per heavy atom. The van der Waals surface area contributed by atoms with Crippen LogP contribution in [0.3, 0.4) is 0 Å². The summed E-state index contributed by atoms with van der Waals surface area (Å²) in [6, 6.07) is 12.4. The van der Waals surface area contributed by atoms with Crippen LogP contribution in [-0.4, -0.2) is 6.36 Å². The molecule has 0 amide bonds. The number of hydrogen-bond acceptors (Lipinski definition) is 3. The van der Waals surface area contributed by atoms with Gasteiger partial charge < -0.3 is 10.1 Å². The lowest BCUT2D eigenvalue weighted by Gasteiger charge is -2.10. The SMILES string of the molecule is N#Cc1ccc(NCc2ccc(OC(F)(F)F)cc2)cc1Cl. The van der Waals surface area contributed by atoms with Crippen molar-refractivity contribution in [3.63, 3.8) is 0 Å². The van der Waals surface area contributed by atoms with E-state index in [1.54, 1.807) is 18.2 Å². The summed E-state index contributed by atoms with van der Waals surface area (Å²) < 4.78 is 39.9. The molecule has 0 spiro atoms. The number of halogens is 4. The van der Waals surface area contributed by atoms with Crippen molar-refractivity contribution in [3.8, 4) is 11.8 Å². The van der Waals surface area contributed by atoms with Crippen LogP contribution in [-0.2, 0) is 6.54 Å². The fraction of sp³-hybridized carbons (Fsp3) is 0.133. The Bertz CT molecular complexity index is 693. The summed E-state index contributed by atoms with van der Waals surface area (Å²) >= 11 is 5.91. The first-order chi connectivity index (χ1) is 10.4. The van der Waals surface area contributed by atoms with Gasteiger partial charge in [0.2, 0.25) is 0 Å². The second kappa shape index (κ2) is 6.58. The number of rotatable bonds is 4. The molecule has 0 saturated heterocycles. The highest BCUT2D eigenvalue weighted by molar-refractivity contribution is 6.32. The van der Waals surface area contributed by atoms with Crippen LogP contribution in [0.5, 0.6) is 5.75 Å². The van der Waals surface area contributed by atoms with E-state index < -0.39 is 6.36 Å². The molecule has 2 rings (SSSR count). The van der Waals surface area contributed by atoms with Gasteiger partial charge in [0, 0.05) is 12.2 Å². The van der Waals surface area contributed by atoms with Gasteiger partial charge >= 0.3 is 6.36 Å². The minimum atomic E-state index is -4.70. The quantitative estimate of drug-likeness (QED) is 0.884. The zero-order valence-electron chi connectivity index (χ0n) is 11.1. The molecule has 0 unspecified atom stereocenters. The third kappa shape index (κ3) is 4.57. The summed E-state index contributed by atoms with van der Waals surface area (Å²) in [6.45, 7) is 0.397. The molecule has 0 aromatic heterocycles. The van der Waals surface area contributed by atoms with E-state index in [0.717, 1.165) is 5.56 Å². The molecule has 0 aliphatic heterocycles. The molecule has 7 heteroatoms. The molecule has 22 heavy (non-hydrogen) atoms. The molecule has 1 N–H and O–H groups in total. The molecule has 0 bridgehead atoms. The summed E-state index contributed by atoms with van der Waals surface area (Å²) in [5, 5.41) is 12.2. The zero-order valence-corrected chi connectivity index (χ0v) is 11.9. The fourth-order valence-electron chi connectivity index (χ4n) is 1.73. The fourth-order valence-corrected chi connectivity index (χ4v) is 1.95. The summed E-state index contributed by atoms with van der Waals surface area (Å²) in [7, 11) is 0. The van der Waals surface area contributed by atoms with Crippen molar-refractivity contribution in [1.82, 2.24) is 0 Å². The number of nitrogens with zero attached hydrogens (tertiary/aromatic N) is 1. The smallest absolute Gasteiger partial charge is 0.406 e. The number of anilines is 1. The van der Waals surface area contributed by atoms with Crippen LogP contribution in [0.15, 0.2) is 42.5 Å². The van der Waals surface area contributed by atoms with Crippen LogP contribution >= 0.6 is 11.6 Å². The Kier molecular flexibility index (Phi) is 4.78. The van der Waals surface area contributed by atoms with E-state index in [0.29, 0.717) is 22.8 Å². The number of hydrogen-bond donors (Lipinski definition) is 1. The van der Waals surface area contributed by atoms with Crippen LogP contribution < -0.4 is 10.1 Å². The molecule has 0 saturated carbocycles. The van der Waals surface area contributed by atoms with Crippen LogP contribution in [0.2, 0.25) is 5.02 Å². The van der Waals surface area contributed by atoms with Crippen LogP contribution in [0.4, 0.5) is 18.9 Å². The van der Waals surface area contributed by atoms with Gasteiger partial charge in [-0.15, -0.1) is 13.2 Å². The van der Waals surface area contributed by atoms with Gasteiger partial charge in [-0.1, -0.05) is 23.7 Å². The number of ether oxygens (including phenoxy) is 1. The first kappa shape index (κ1) is 16.0. The normalized spacial score (nSPS) is 10.9. The van der Waals surface area contributed by atoms with Crippen molar-refractivity contribution in [1.29, 1.82) is 5.26 Å². The Hall–Kier alpha value is -2.39. The Labute approximate surface area is 129 Å². The van der Waals surface area contributed by atoms with Gasteiger partial charge in [0.25, 0.3) is 0 Å². The number of nitriles is 1. The van der Waals surface area contributed by atoms with Gasteiger partial charge in [-0.05, 0) is 35.9 Å². The van der Waals surface area contributed by atoms with Gasteiger partial charge in [-0.2, -0.15) is 5.26 Å². The van der Waals surface area contributed by atoms with E-state index in [-0.39, 0.29) is 5.75 Å². The summed E-state index contributed by atoms with van der Waals surface area (Å²) in [5.74, 6) is -0.266. The number of nitrogens with one attached hydrogen (secondary N) is 1. The van der Waals surface area contributed by atoms with E-state index >= 15 is 0 Å². The molecule has 0 atom stereocenters. The van der Waals surface area contributed by atoms with Gasteiger partial charge in [0.05, 0.1) is 10.6 Å². The van der Waals surface area contributed by atoms with E-state index in [2.05, 4.69) is 10.1 Å². The molecule has 0 heterocycles. The zero-order chi connectivity index (χ0) is 16.2. The maximum Gasteiger partial charge on any atom is 0.573 e. The molecule has 2 aromatic carbocycles. The maximum absolute atomic E-state index is 12.0.